The Morgan fingerprint density at radius 2 is 2.00 bits per heavy atom. The lowest BCUT2D eigenvalue weighted by atomic mass is 10.2. The second-order valence-corrected chi connectivity index (χ2v) is 4.11. The van der Waals surface area contributed by atoms with Crippen LogP contribution in [0.4, 0.5) is 0 Å². The quantitative estimate of drug-likeness (QED) is 0.820. The minimum atomic E-state index is -0.404. The zero-order valence-electron chi connectivity index (χ0n) is 11.3. The monoisotopic (exact) mass is 275 g/mol. The van der Waals surface area contributed by atoms with Gasteiger partial charge in [0.25, 0.3) is 0 Å². The van der Waals surface area contributed by atoms with E-state index in [1.165, 1.54) is 6.26 Å². The normalized spacial score (nSPS) is 10.3. The van der Waals surface area contributed by atoms with Crippen molar-refractivity contribution in [3.8, 4) is 5.75 Å². The average Bonchev–Trinajstić information content (AvgIpc) is 2.94. The lowest BCUT2D eigenvalue weighted by Gasteiger charge is -2.06. The molecule has 0 fully saturated rings. The maximum absolute atomic E-state index is 11.7. The van der Waals surface area contributed by atoms with E-state index < -0.39 is 5.97 Å². The molecule has 0 atom stereocenters. The van der Waals surface area contributed by atoms with E-state index in [4.69, 9.17) is 19.6 Å². The van der Waals surface area contributed by atoms with Crippen LogP contribution in [0.3, 0.4) is 0 Å². The van der Waals surface area contributed by atoms with E-state index in [1.807, 2.05) is 24.3 Å². The Balaban J connectivity index is 2.00. The van der Waals surface area contributed by atoms with Gasteiger partial charge in [0.15, 0.2) is 5.76 Å². The van der Waals surface area contributed by atoms with E-state index in [0.29, 0.717) is 30.2 Å². The molecule has 0 saturated heterocycles. The number of furan rings is 1. The van der Waals surface area contributed by atoms with Crippen LogP contribution >= 0.6 is 0 Å². The summed E-state index contributed by atoms with van der Waals surface area (Å²) in [5.41, 5.74) is 6.95. The summed E-state index contributed by atoms with van der Waals surface area (Å²) >= 11 is 0. The molecule has 0 saturated carbocycles. The molecule has 5 heteroatoms. The molecule has 20 heavy (non-hydrogen) atoms. The fraction of sp³-hybridized carbons (Fsp3) is 0.267. The molecule has 0 unspecified atom stereocenters. The molecule has 0 bridgehead atoms. The summed E-state index contributed by atoms with van der Waals surface area (Å²) in [7, 11) is 0. The minimum Gasteiger partial charge on any atom is -0.486 e. The molecule has 5 nitrogen and oxygen atoms in total. The highest BCUT2D eigenvalue weighted by Crippen LogP contribution is 2.17. The standard InChI is InChI=1S/C15H17NO4/c1-2-18-15(17)13-7-8-19-14(13)10-20-12-5-3-11(9-16)4-6-12/h3-8H,2,9-10,16H2,1H3. The zero-order chi connectivity index (χ0) is 14.4. The molecule has 0 aliphatic carbocycles. The molecule has 106 valence electrons. The zero-order valence-corrected chi connectivity index (χ0v) is 11.3. The first-order valence-corrected chi connectivity index (χ1v) is 6.40. The van der Waals surface area contributed by atoms with Gasteiger partial charge < -0.3 is 19.6 Å². The highest BCUT2D eigenvalue weighted by atomic mass is 16.5. The van der Waals surface area contributed by atoms with Gasteiger partial charge in [-0.2, -0.15) is 0 Å². The Hall–Kier alpha value is -2.27. The third-order valence-electron chi connectivity index (χ3n) is 2.77. The van der Waals surface area contributed by atoms with Crippen molar-refractivity contribution >= 4 is 5.97 Å². The minimum absolute atomic E-state index is 0.170. The van der Waals surface area contributed by atoms with E-state index in [0.717, 1.165) is 5.56 Å². The number of benzene rings is 1. The predicted octanol–water partition coefficient (Wildman–Crippen LogP) is 2.49. The topological polar surface area (TPSA) is 74.7 Å². The number of carbonyl (C=O) groups excluding carboxylic acids is 1. The van der Waals surface area contributed by atoms with Gasteiger partial charge in [0.1, 0.15) is 17.9 Å². The molecular formula is C15H17NO4. The third-order valence-corrected chi connectivity index (χ3v) is 2.77. The molecule has 1 aromatic carbocycles. The van der Waals surface area contributed by atoms with E-state index in [1.54, 1.807) is 13.0 Å². The van der Waals surface area contributed by atoms with E-state index in [-0.39, 0.29) is 6.61 Å². The van der Waals surface area contributed by atoms with E-state index in [2.05, 4.69) is 0 Å². The van der Waals surface area contributed by atoms with Gasteiger partial charge in [-0.1, -0.05) is 12.1 Å². The average molecular weight is 275 g/mol. The Morgan fingerprint density at radius 3 is 2.65 bits per heavy atom. The summed E-state index contributed by atoms with van der Waals surface area (Å²) in [5.74, 6) is 0.734. The molecule has 0 aliphatic rings. The second kappa shape index (κ2) is 6.77. The van der Waals surface area contributed by atoms with E-state index in [9.17, 15) is 4.79 Å². The SMILES string of the molecule is CCOC(=O)c1ccoc1COc1ccc(CN)cc1. The summed E-state index contributed by atoms with van der Waals surface area (Å²) in [4.78, 5) is 11.7. The molecule has 0 radical (unpaired) electrons. The fourth-order valence-electron chi connectivity index (χ4n) is 1.71. The predicted molar refractivity (Wildman–Crippen MR) is 73.3 cm³/mol. The van der Waals surface area contributed by atoms with Crippen molar-refractivity contribution in [2.45, 2.75) is 20.1 Å². The van der Waals surface area contributed by atoms with E-state index >= 15 is 0 Å². The Bertz CT molecular complexity index is 560. The van der Waals surface area contributed by atoms with Crippen LogP contribution in [0.15, 0.2) is 41.0 Å². The van der Waals surface area contributed by atoms with Gasteiger partial charge in [-0.25, -0.2) is 4.79 Å². The van der Waals surface area contributed by atoms with Crippen molar-refractivity contribution in [3.05, 3.63) is 53.5 Å². The smallest absolute Gasteiger partial charge is 0.341 e. The first kappa shape index (κ1) is 14.1. The number of carbonyl (C=O) groups is 1. The Kier molecular flexibility index (Phi) is 4.79. The second-order valence-electron chi connectivity index (χ2n) is 4.11. The number of hydrogen-bond donors (Lipinski definition) is 1. The van der Waals surface area contributed by atoms with Crippen LogP contribution in [0.5, 0.6) is 5.75 Å². The van der Waals surface area contributed by atoms with Gasteiger partial charge in [-0.15, -0.1) is 0 Å². The molecule has 1 heterocycles. The number of ether oxygens (including phenoxy) is 2. The number of esters is 1. The summed E-state index contributed by atoms with van der Waals surface area (Å²) < 4.78 is 15.8. The third kappa shape index (κ3) is 3.39. The van der Waals surface area contributed by atoms with Crippen LogP contribution in [-0.4, -0.2) is 12.6 Å². The number of nitrogens with two attached hydrogens (primary N) is 1. The van der Waals surface area contributed by atoms with Crippen LogP contribution in [0.25, 0.3) is 0 Å². The lowest BCUT2D eigenvalue weighted by molar-refractivity contribution is 0.0521. The summed E-state index contributed by atoms with van der Waals surface area (Å²) in [6.45, 7) is 2.74. The Morgan fingerprint density at radius 1 is 1.25 bits per heavy atom. The Labute approximate surface area is 117 Å². The number of hydrogen-bond acceptors (Lipinski definition) is 5. The van der Waals surface area contributed by atoms with Gasteiger partial charge >= 0.3 is 5.97 Å². The van der Waals surface area contributed by atoms with Crippen molar-refractivity contribution in [1.82, 2.24) is 0 Å². The fourth-order valence-corrected chi connectivity index (χ4v) is 1.71. The molecule has 2 rings (SSSR count). The summed E-state index contributed by atoms with van der Waals surface area (Å²) in [6.07, 6.45) is 1.45. The first-order chi connectivity index (χ1) is 9.74. The molecule has 2 N–H and O–H groups in total. The van der Waals surface area contributed by atoms with Crippen molar-refractivity contribution in [3.63, 3.8) is 0 Å². The van der Waals surface area contributed by atoms with Crippen molar-refractivity contribution in [2.24, 2.45) is 5.73 Å². The van der Waals surface area contributed by atoms with Crippen LogP contribution in [-0.2, 0) is 17.9 Å². The molecule has 1 aromatic heterocycles. The largest absolute Gasteiger partial charge is 0.486 e. The van der Waals surface area contributed by atoms with Crippen LogP contribution in [0, 0.1) is 0 Å². The maximum Gasteiger partial charge on any atom is 0.341 e. The van der Waals surface area contributed by atoms with Crippen LogP contribution < -0.4 is 10.5 Å². The van der Waals surface area contributed by atoms with Crippen LogP contribution in [0.1, 0.15) is 28.6 Å². The molecule has 0 amide bonds. The van der Waals surface area contributed by atoms with Gasteiger partial charge in [0.05, 0.1) is 12.9 Å². The van der Waals surface area contributed by atoms with Gasteiger partial charge in [0, 0.05) is 6.54 Å². The van der Waals surface area contributed by atoms with Crippen LogP contribution in [0.2, 0.25) is 0 Å². The van der Waals surface area contributed by atoms with Crippen molar-refractivity contribution in [1.29, 1.82) is 0 Å². The molecule has 2 aromatic rings. The number of rotatable bonds is 6. The molecule has 0 aliphatic heterocycles. The van der Waals surface area contributed by atoms with Gasteiger partial charge in [-0.05, 0) is 30.7 Å². The molecule has 0 spiro atoms. The summed E-state index contributed by atoms with van der Waals surface area (Å²) in [5, 5.41) is 0. The van der Waals surface area contributed by atoms with Gasteiger partial charge in [-0.3, -0.25) is 0 Å². The van der Waals surface area contributed by atoms with Crippen molar-refractivity contribution in [2.75, 3.05) is 6.61 Å². The lowest BCUT2D eigenvalue weighted by Crippen LogP contribution is -2.07. The highest BCUT2D eigenvalue weighted by molar-refractivity contribution is 5.90. The first-order valence-electron chi connectivity index (χ1n) is 6.40. The summed E-state index contributed by atoms with van der Waals surface area (Å²) in [6, 6.07) is 9.02. The maximum atomic E-state index is 11.7. The molecular weight excluding hydrogens is 258 g/mol. The van der Waals surface area contributed by atoms with Crippen molar-refractivity contribution < 1.29 is 18.7 Å². The highest BCUT2D eigenvalue weighted by Gasteiger charge is 2.16. The van der Waals surface area contributed by atoms with Gasteiger partial charge in [0.2, 0.25) is 0 Å².